The summed E-state index contributed by atoms with van der Waals surface area (Å²) in [7, 11) is 0. The van der Waals surface area contributed by atoms with Crippen LogP contribution in [0.5, 0.6) is 23.0 Å². The van der Waals surface area contributed by atoms with Crippen molar-refractivity contribution in [3.63, 3.8) is 0 Å². The van der Waals surface area contributed by atoms with Crippen LogP contribution in [0.1, 0.15) is 31.2 Å². The Morgan fingerprint density at radius 3 is 1.35 bits per heavy atom. The average Bonchev–Trinajstić information content (AvgIpc) is 3.42. The topological polar surface area (TPSA) is 260 Å². The maximum Gasteiger partial charge on any atom is 0.335 e. The molecule has 0 spiro atoms. The normalized spacial score (nSPS) is 11.0. The first-order chi connectivity index (χ1) is 37.0. The Hall–Kier alpha value is -9.63. The van der Waals surface area contributed by atoms with E-state index in [1.807, 2.05) is 0 Å². The van der Waals surface area contributed by atoms with Crippen LogP contribution in [0.15, 0.2) is 141 Å². The number of nitrogens with one attached hydrogen (secondary N) is 2. The van der Waals surface area contributed by atoms with Gasteiger partial charge < -0.3 is 31.6 Å². The number of carbonyl (C=O) groups is 3. The number of hydrogen-bond acceptors (Lipinski definition) is 12. The van der Waals surface area contributed by atoms with Crippen molar-refractivity contribution in [2.24, 2.45) is 5.73 Å². The molecule has 0 atom stereocenters. The second-order valence-corrected chi connectivity index (χ2v) is 16.5. The molecule has 78 heavy (non-hydrogen) atoms. The van der Waals surface area contributed by atoms with Crippen molar-refractivity contribution in [2.75, 3.05) is 16.4 Å². The number of aromatic nitrogens is 6. The summed E-state index contributed by atoms with van der Waals surface area (Å²) in [5, 5.41) is 4.22. The van der Waals surface area contributed by atoms with Gasteiger partial charge in [0, 0.05) is 60.4 Å². The first-order valence-corrected chi connectivity index (χ1v) is 22.5. The van der Waals surface area contributed by atoms with Crippen molar-refractivity contribution in [2.45, 2.75) is 25.9 Å². The molecule has 0 radical (unpaired) electrons. The number of alkyl halides is 4. The fourth-order valence-electron chi connectivity index (χ4n) is 6.86. The Morgan fingerprint density at radius 2 is 0.962 bits per heavy atom. The fourth-order valence-corrected chi connectivity index (χ4v) is 7.26. The van der Waals surface area contributed by atoms with Crippen LogP contribution >= 0.6 is 23.2 Å². The van der Waals surface area contributed by atoms with E-state index in [1.54, 1.807) is 0 Å². The highest BCUT2D eigenvalue weighted by atomic mass is 35.5. The lowest BCUT2D eigenvalue weighted by molar-refractivity contribution is 0.0991. The van der Waals surface area contributed by atoms with Crippen LogP contribution in [0, 0.1) is 23.3 Å². The molecule has 0 saturated heterocycles. The molecule has 4 aromatic heterocycles. The van der Waals surface area contributed by atoms with Crippen LogP contribution in [0.3, 0.4) is 0 Å². The number of carbonyl (C=O) groups excluding carboxylic acids is 3. The molecular formula is C49H32Cl2F8N10O9. The van der Waals surface area contributed by atoms with Crippen molar-refractivity contribution in [1.82, 2.24) is 28.2 Å². The summed E-state index contributed by atoms with van der Waals surface area (Å²) in [5.41, 5.74) is 3.72. The lowest BCUT2D eigenvalue weighted by Gasteiger charge is -2.14. The third kappa shape index (κ3) is 12.9. The van der Waals surface area contributed by atoms with Gasteiger partial charge >= 0.3 is 11.4 Å². The SMILES string of the molecule is NC(=O)c1nccc(Oc2ccc(NC(=O)c3cn(CC(F)F)c(=O)n(-c4ccc(F)cc4)c3=O)cc2F)c1Cl.Nc1nccc(Oc2ccc(NC(=O)c3cn(CC(F)F)c(=O)n(-c4ccc(F)cc4)c3=O)cc2F)c1Cl. The number of benzene rings is 4. The first kappa shape index (κ1) is 56.1. The molecule has 6 N–H and O–H groups in total. The smallest absolute Gasteiger partial charge is 0.335 e. The number of ether oxygens (including phenoxy) is 2. The number of hydrogen-bond donors (Lipinski definition) is 4. The molecular weight excluding hydrogens is 1100 g/mol. The van der Waals surface area contributed by atoms with Gasteiger partial charge in [-0.2, -0.15) is 0 Å². The van der Waals surface area contributed by atoms with Crippen LogP contribution in [0.2, 0.25) is 10.0 Å². The molecule has 0 aliphatic carbocycles. The quantitative estimate of drug-likeness (QED) is 0.0713. The van der Waals surface area contributed by atoms with Gasteiger partial charge in [0.15, 0.2) is 28.9 Å². The van der Waals surface area contributed by atoms with E-state index in [2.05, 4.69) is 20.6 Å². The number of rotatable bonds is 15. The molecule has 8 rings (SSSR count). The van der Waals surface area contributed by atoms with Crippen molar-refractivity contribution < 1.29 is 59.0 Å². The van der Waals surface area contributed by atoms with Gasteiger partial charge in [0.25, 0.3) is 41.7 Å². The van der Waals surface area contributed by atoms with E-state index in [9.17, 15) is 68.7 Å². The molecule has 0 aliphatic heterocycles. The van der Waals surface area contributed by atoms with E-state index in [-0.39, 0.29) is 67.3 Å². The van der Waals surface area contributed by atoms with Gasteiger partial charge in [0.1, 0.15) is 50.1 Å². The summed E-state index contributed by atoms with van der Waals surface area (Å²) in [6, 6.07) is 17.0. The number of nitrogens with two attached hydrogens (primary N) is 2. The molecule has 0 aliphatic rings. The number of halogens is 10. The minimum Gasteiger partial charge on any atom is -0.453 e. The van der Waals surface area contributed by atoms with E-state index < -0.39 is 101 Å². The molecule has 8 aromatic rings. The minimum absolute atomic E-state index is 0.0254. The van der Waals surface area contributed by atoms with E-state index in [4.69, 9.17) is 44.1 Å². The number of primary amides is 1. The Bertz CT molecular complexity index is 3880. The van der Waals surface area contributed by atoms with Gasteiger partial charge in [0.05, 0.1) is 24.5 Å². The van der Waals surface area contributed by atoms with Crippen LogP contribution in [-0.4, -0.2) is 58.8 Å². The lowest BCUT2D eigenvalue weighted by atomic mass is 10.2. The average molecular weight is 1130 g/mol. The van der Waals surface area contributed by atoms with E-state index in [1.165, 1.54) is 36.7 Å². The van der Waals surface area contributed by atoms with Gasteiger partial charge in [0.2, 0.25) is 0 Å². The number of nitrogens with zero attached hydrogens (tertiary/aromatic N) is 6. The van der Waals surface area contributed by atoms with Crippen molar-refractivity contribution in [3.8, 4) is 34.4 Å². The van der Waals surface area contributed by atoms with Gasteiger partial charge in [-0.05, 0) is 72.8 Å². The molecule has 19 nitrogen and oxygen atoms in total. The van der Waals surface area contributed by atoms with Crippen LogP contribution in [0.25, 0.3) is 11.4 Å². The van der Waals surface area contributed by atoms with Gasteiger partial charge in [-0.15, -0.1) is 0 Å². The van der Waals surface area contributed by atoms with E-state index >= 15 is 0 Å². The Labute approximate surface area is 440 Å². The monoisotopic (exact) mass is 1130 g/mol. The van der Waals surface area contributed by atoms with Gasteiger partial charge in [-0.1, -0.05) is 23.2 Å². The highest BCUT2D eigenvalue weighted by Crippen LogP contribution is 2.35. The minimum atomic E-state index is -3.01. The Balaban J connectivity index is 0.000000226. The zero-order valence-electron chi connectivity index (χ0n) is 38.9. The van der Waals surface area contributed by atoms with Crippen molar-refractivity contribution in [3.05, 3.63) is 214 Å². The van der Waals surface area contributed by atoms with E-state index in [0.29, 0.717) is 30.7 Å². The molecule has 402 valence electrons. The van der Waals surface area contributed by atoms with Crippen molar-refractivity contribution >= 4 is 58.1 Å². The van der Waals surface area contributed by atoms with Crippen LogP contribution in [0.4, 0.5) is 52.3 Å². The fraction of sp³-hybridized carbons (Fsp3) is 0.0816. The number of amides is 3. The maximum absolute atomic E-state index is 14.8. The second-order valence-electron chi connectivity index (χ2n) is 15.7. The summed E-state index contributed by atoms with van der Waals surface area (Å²) >= 11 is 12.0. The predicted octanol–water partition coefficient (Wildman–Crippen LogP) is 7.95. The largest absolute Gasteiger partial charge is 0.453 e. The predicted molar refractivity (Wildman–Crippen MR) is 265 cm³/mol. The van der Waals surface area contributed by atoms with Gasteiger partial charge in [-0.25, -0.2) is 63.8 Å². The molecule has 0 bridgehead atoms. The lowest BCUT2D eigenvalue weighted by Crippen LogP contribution is -2.43. The third-order valence-corrected chi connectivity index (χ3v) is 11.2. The number of nitrogen functional groups attached to an aromatic ring is 1. The van der Waals surface area contributed by atoms with Crippen molar-refractivity contribution in [1.29, 1.82) is 0 Å². The molecule has 4 heterocycles. The molecule has 0 unspecified atom stereocenters. The zero-order chi connectivity index (χ0) is 56.7. The summed E-state index contributed by atoms with van der Waals surface area (Å²) in [6.45, 7) is -2.26. The maximum atomic E-state index is 14.8. The van der Waals surface area contributed by atoms with E-state index in [0.717, 1.165) is 72.8 Å². The second kappa shape index (κ2) is 23.9. The Morgan fingerprint density at radius 1 is 0.564 bits per heavy atom. The summed E-state index contributed by atoms with van der Waals surface area (Å²) in [4.78, 5) is 96.2. The third-order valence-electron chi connectivity index (χ3n) is 10.4. The molecule has 3 amide bonds. The molecule has 29 heteroatoms. The van der Waals surface area contributed by atoms with Crippen LogP contribution in [-0.2, 0) is 13.1 Å². The van der Waals surface area contributed by atoms with Crippen LogP contribution < -0.4 is 54.1 Å². The summed E-state index contributed by atoms with van der Waals surface area (Å²) in [6.07, 6.45) is -2.21. The summed E-state index contributed by atoms with van der Waals surface area (Å²) in [5.74, 6) is -7.29. The zero-order valence-corrected chi connectivity index (χ0v) is 40.4. The van der Waals surface area contributed by atoms with Gasteiger partial charge in [-0.3, -0.25) is 33.1 Å². The highest BCUT2D eigenvalue weighted by molar-refractivity contribution is 6.35. The summed E-state index contributed by atoms with van der Waals surface area (Å²) < 4.78 is 121. The number of anilines is 3. The number of pyridine rings is 2. The molecule has 0 saturated carbocycles. The molecule has 0 fully saturated rings. The first-order valence-electron chi connectivity index (χ1n) is 21.7. The Kier molecular flexibility index (Phi) is 17.2. The molecule has 4 aromatic carbocycles. The standard InChI is InChI=1S/C25H16ClF4N5O5.C24H16ClF4N5O4/c26-20-18(7-8-32-21(20)22(31)36)40-17-6-3-13(9-16(17)28)33-23(37)15-10-34(11-19(29)30)25(39)35(24(15)38)14-4-1-12(27)2-5-14;25-20-18(7-8-31-21(20)30)38-17-6-3-13(9-16(17)27)32-22(35)15-10-33(11-19(28)29)24(37)34(23(15)36)14-4-1-12(26)2-5-14/h1-10,19H,11H2,(H2,31,36)(H,33,37);1-10,19H,11H2,(H2,30,31)(H,32,35). The highest BCUT2D eigenvalue weighted by Gasteiger charge is 2.24.